The van der Waals surface area contributed by atoms with Crippen LogP contribution in [0.3, 0.4) is 0 Å². The standard InChI is InChI=1S/C21H31N3O3/c1-21(2,24-10-5-4-6-11-24)15-22-19(25)17-9-7-8-16-14-23(12-13-27-3)20(26)18(16)17/h7-9H,4-6,10-15H2,1-3H3,(H,22,25). The van der Waals surface area contributed by atoms with Crippen molar-refractivity contribution in [2.45, 2.75) is 45.2 Å². The van der Waals surface area contributed by atoms with Crippen LogP contribution in [-0.2, 0) is 11.3 Å². The Hall–Kier alpha value is -1.92. The fourth-order valence-corrected chi connectivity index (χ4v) is 3.99. The van der Waals surface area contributed by atoms with Crippen LogP contribution in [0.4, 0.5) is 0 Å². The summed E-state index contributed by atoms with van der Waals surface area (Å²) in [4.78, 5) is 29.8. The van der Waals surface area contributed by atoms with E-state index in [1.807, 2.05) is 12.1 Å². The summed E-state index contributed by atoms with van der Waals surface area (Å²) < 4.78 is 5.08. The van der Waals surface area contributed by atoms with Crippen LogP contribution in [-0.4, -0.2) is 67.0 Å². The van der Waals surface area contributed by atoms with E-state index < -0.39 is 0 Å². The molecule has 6 heteroatoms. The second kappa shape index (κ2) is 8.40. The smallest absolute Gasteiger partial charge is 0.255 e. The number of piperidine rings is 1. The van der Waals surface area contributed by atoms with Crippen molar-refractivity contribution in [3.63, 3.8) is 0 Å². The van der Waals surface area contributed by atoms with Crippen LogP contribution in [0.25, 0.3) is 0 Å². The van der Waals surface area contributed by atoms with E-state index in [4.69, 9.17) is 4.74 Å². The zero-order valence-electron chi connectivity index (χ0n) is 16.7. The molecule has 1 saturated heterocycles. The van der Waals surface area contributed by atoms with Gasteiger partial charge in [-0.25, -0.2) is 0 Å². The van der Waals surface area contributed by atoms with Gasteiger partial charge in [0.2, 0.25) is 0 Å². The van der Waals surface area contributed by atoms with E-state index in [0.717, 1.165) is 18.7 Å². The molecule has 2 heterocycles. The quantitative estimate of drug-likeness (QED) is 0.797. The molecule has 0 aromatic heterocycles. The molecule has 6 nitrogen and oxygen atoms in total. The average Bonchev–Trinajstić information content (AvgIpc) is 3.01. The zero-order chi connectivity index (χ0) is 19.4. The molecule has 2 amide bonds. The number of benzene rings is 1. The molecule has 1 fully saturated rings. The fourth-order valence-electron chi connectivity index (χ4n) is 3.99. The number of hydrogen-bond acceptors (Lipinski definition) is 4. The number of carbonyl (C=O) groups is 2. The van der Waals surface area contributed by atoms with Gasteiger partial charge in [0.25, 0.3) is 11.8 Å². The summed E-state index contributed by atoms with van der Waals surface area (Å²) in [6.45, 7) is 8.64. The number of nitrogens with zero attached hydrogens (tertiary/aromatic N) is 2. The Labute approximate surface area is 161 Å². The summed E-state index contributed by atoms with van der Waals surface area (Å²) in [6, 6.07) is 5.53. The Kier molecular flexibility index (Phi) is 6.17. The predicted molar refractivity (Wildman–Crippen MR) is 105 cm³/mol. The SMILES string of the molecule is COCCN1Cc2cccc(C(=O)NCC(C)(C)N3CCCCC3)c2C1=O. The minimum Gasteiger partial charge on any atom is -0.383 e. The largest absolute Gasteiger partial charge is 0.383 e. The van der Waals surface area contributed by atoms with Crippen LogP contribution >= 0.6 is 0 Å². The highest BCUT2D eigenvalue weighted by atomic mass is 16.5. The molecule has 2 aliphatic rings. The van der Waals surface area contributed by atoms with Crippen LogP contribution < -0.4 is 5.32 Å². The number of ether oxygens (including phenoxy) is 1. The average molecular weight is 373 g/mol. The highest BCUT2D eigenvalue weighted by Gasteiger charge is 2.33. The van der Waals surface area contributed by atoms with Crippen molar-refractivity contribution in [1.29, 1.82) is 0 Å². The monoisotopic (exact) mass is 373 g/mol. The van der Waals surface area contributed by atoms with Gasteiger partial charge >= 0.3 is 0 Å². The van der Waals surface area contributed by atoms with Gasteiger partial charge in [-0.1, -0.05) is 18.6 Å². The van der Waals surface area contributed by atoms with Crippen molar-refractivity contribution in [2.75, 3.05) is 39.9 Å². The number of amides is 2. The second-order valence-electron chi connectivity index (χ2n) is 8.10. The summed E-state index contributed by atoms with van der Waals surface area (Å²) in [5, 5.41) is 3.07. The molecule has 27 heavy (non-hydrogen) atoms. The molecular weight excluding hydrogens is 342 g/mol. The zero-order valence-corrected chi connectivity index (χ0v) is 16.7. The van der Waals surface area contributed by atoms with Crippen LogP contribution in [0.5, 0.6) is 0 Å². The molecule has 0 bridgehead atoms. The molecule has 0 unspecified atom stereocenters. The Bertz CT molecular complexity index is 696. The van der Waals surface area contributed by atoms with Gasteiger partial charge in [-0.15, -0.1) is 0 Å². The molecular formula is C21H31N3O3. The van der Waals surface area contributed by atoms with E-state index in [1.165, 1.54) is 19.3 Å². The van der Waals surface area contributed by atoms with Crippen LogP contribution in [0.15, 0.2) is 18.2 Å². The van der Waals surface area contributed by atoms with Crippen LogP contribution in [0, 0.1) is 0 Å². The molecule has 148 valence electrons. The lowest BCUT2D eigenvalue weighted by molar-refractivity contribution is 0.0712. The van der Waals surface area contributed by atoms with Crippen molar-refractivity contribution >= 4 is 11.8 Å². The third kappa shape index (κ3) is 4.33. The predicted octanol–water partition coefficient (Wildman–Crippen LogP) is 2.28. The van der Waals surface area contributed by atoms with Gasteiger partial charge in [0, 0.05) is 32.3 Å². The maximum Gasteiger partial charge on any atom is 0.255 e. The minimum absolute atomic E-state index is 0.0805. The highest BCUT2D eigenvalue weighted by Crippen LogP contribution is 2.26. The van der Waals surface area contributed by atoms with Crippen molar-refractivity contribution < 1.29 is 14.3 Å². The van der Waals surface area contributed by atoms with Crippen LogP contribution in [0.2, 0.25) is 0 Å². The van der Waals surface area contributed by atoms with Gasteiger partial charge in [-0.2, -0.15) is 0 Å². The number of nitrogens with one attached hydrogen (secondary N) is 1. The third-order valence-electron chi connectivity index (χ3n) is 5.72. The molecule has 0 aliphatic carbocycles. The first-order chi connectivity index (χ1) is 12.9. The molecule has 2 aliphatic heterocycles. The first kappa shape index (κ1) is 19.8. The lowest BCUT2D eigenvalue weighted by Crippen LogP contribution is -2.53. The first-order valence-corrected chi connectivity index (χ1v) is 9.87. The molecule has 1 N–H and O–H groups in total. The number of rotatable bonds is 7. The lowest BCUT2D eigenvalue weighted by atomic mass is 9.97. The molecule has 0 atom stereocenters. The fraction of sp³-hybridized carbons (Fsp3) is 0.619. The van der Waals surface area contributed by atoms with E-state index in [9.17, 15) is 9.59 Å². The van der Waals surface area contributed by atoms with Gasteiger partial charge in [0.05, 0.1) is 17.7 Å². The van der Waals surface area contributed by atoms with Crippen molar-refractivity contribution in [3.05, 3.63) is 34.9 Å². The number of likely N-dealkylation sites (tertiary alicyclic amines) is 1. The maximum absolute atomic E-state index is 12.9. The van der Waals surface area contributed by atoms with Crippen LogP contribution in [0.1, 0.15) is 59.4 Å². The minimum atomic E-state index is -0.168. The number of hydrogen-bond donors (Lipinski definition) is 1. The highest BCUT2D eigenvalue weighted by molar-refractivity contribution is 6.09. The van der Waals surface area contributed by atoms with Gasteiger partial charge in [0.15, 0.2) is 0 Å². The van der Waals surface area contributed by atoms with Gasteiger partial charge < -0.3 is 15.0 Å². The Morgan fingerprint density at radius 2 is 1.96 bits per heavy atom. The number of fused-ring (bicyclic) bond motifs is 1. The Morgan fingerprint density at radius 1 is 1.22 bits per heavy atom. The van der Waals surface area contributed by atoms with E-state index >= 15 is 0 Å². The normalized spacial score (nSPS) is 17.9. The molecule has 0 saturated carbocycles. The molecule has 1 aromatic carbocycles. The summed E-state index contributed by atoms with van der Waals surface area (Å²) in [5.41, 5.74) is 1.84. The molecule has 1 aromatic rings. The summed E-state index contributed by atoms with van der Waals surface area (Å²) in [5.74, 6) is -0.248. The van der Waals surface area contributed by atoms with E-state index in [2.05, 4.69) is 24.1 Å². The Balaban J connectivity index is 1.68. The Morgan fingerprint density at radius 3 is 2.67 bits per heavy atom. The van der Waals surface area contributed by atoms with Gasteiger partial charge in [0.1, 0.15) is 0 Å². The van der Waals surface area contributed by atoms with Gasteiger partial charge in [-0.3, -0.25) is 14.5 Å². The van der Waals surface area contributed by atoms with E-state index in [1.54, 1.807) is 18.1 Å². The lowest BCUT2D eigenvalue weighted by Gasteiger charge is -2.41. The molecule has 0 spiro atoms. The summed E-state index contributed by atoms with van der Waals surface area (Å²) in [7, 11) is 1.62. The van der Waals surface area contributed by atoms with Crippen molar-refractivity contribution in [1.82, 2.24) is 15.1 Å². The molecule has 3 rings (SSSR count). The number of methoxy groups -OCH3 is 1. The topological polar surface area (TPSA) is 61.9 Å². The van der Waals surface area contributed by atoms with E-state index in [0.29, 0.717) is 37.4 Å². The third-order valence-corrected chi connectivity index (χ3v) is 5.72. The van der Waals surface area contributed by atoms with Gasteiger partial charge in [-0.05, 0) is 51.4 Å². The van der Waals surface area contributed by atoms with E-state index in [-0.39, 0.29) is 17.4 Å². The number of carbonyl (C=O) groups excluding carboxylic acids is 2. The molecule has 0 radical (unpaired) electrons. The second-order valence-corrected chi connectivity index (χ2v) is 8.10. The van der Waals surface area contributed by atoms with Crippen molar-refractivity contribution in [3.8, 4) is 0 Å². The van der Waals surface area contributed by atoms with Crippen molar-refractivity contribution in [2.24, 2.45) is 0 Å². The maximum atomic E-state index is 12.9. The summed E-state index contributed by atoms with van der Waals surface area (Å²) >= 11 is 0. The first-order valence-electron chi connectivity index (χ1n) is 9.87. The summed E-state index contributed by atoms with van der Waals surface area (Å²) in [6.07, 6.45) is 3.72.